The minimum atomic E-state index is 0.0552. The van der Waals surface area contributed by atoms with Gasteiger partial charge in [0.2, 0.25) is 5.91 Å². The number of hydrogen-bond acceptors (Lipinski definition) is 4. The molecule has 0 unspecified atom stereocenters. The van der Waals surface area contributed by atoms with Crippen molar-refractivity contribution in [3.8, 4) is 5.69 Å². The number of nitrogens with zero attached hydrogens (tertiary/aromatic N) is 5. The fourth-order valence-corrected chi connectivity index (χ4v) is 3.39. The molecule has 1 aliphatic rings. The normalized spacial score (nSPS) is 14.1. The van der Waals surface area contributed by atoms with Crippen molar-refractivity contribution in [2.45, 2.75) is 39.5 Å². The van der Waals surface area contributed by atoms with E-state index in [1.54, 1.807) is 6.20 Å². The van der Waals surface area contributed by atoms with Crippen LogP contribution in [0.25, 0.3) is 5.69 Å². The van der Waals surface area contributed by atoms with E-state index in [4.69, 9.17) is 0 Å². The molecule has 0 radical (unpaired) electrons. The first kappa shape index (κ1) is 17.5. The number of benzene rings is 1. The van der Waals surface area contributed by atoms with Crippen molar-refractivity contribution in [3.05, 3.63) is 65.7 Å². The first-order valence-corrected chi connectivity index (χ1v) is 9.35. The molecule has 1 aromatic carbocycles. The van der Waals surface area contributed by atoms with Gasteiger partial charge in [0.25, 0.3) is 0 Å². The molecule has 3 aromatic rings. The Morgan fingerprint density at radius 1 is 1.22 bits per heavy atom. The van der Waals surface area contributed by atoms with Gasteiger partial charge < -0.3 is 5.32 Å². The third kappa shape index (κ3) is 4.09. The van der Waals surface area contributed by atoms with Crippen LogP contribution < -0.4 is 5.32 Å². The van der Waals surface area contributed by atoms with Crippen LogP contribution in [-0.2, 0) is 31.0 Å². The molecule has 0 atom stereocenters. The Bertz CT molecular complexity index is 914. The Labute approximate surface area is 158 Å². The van der Waals surface area contributed by atoms with Gasteiger partial charge in [0.15, 0.2) is 0 Å². The van der Waals surface area contributed by atoms with Crippen LogP contribution in [0.1, 0.15) is 30.3 Å². The van der Waals surface area contributed by atoms with Crippen molar-refractivity contribution >= 4 is 5.91 Å². The molecule has 0 saturated heterocycles. The van der Waals surface area contributed by atoms with Crippen LogP contribution in [0.4, 0.5) is 0 Å². The lowest BCUT2D eigenvalue weighted by Gasteiger charge is -2.27. The predicted octanol–water partition coefficient (Wildman–Crippen LogP) is 2.11. The van der Waals surface area contributed by atoms with Crippen molar-refractivity contribution in [1.29, 1.82) is 0 Å². The zero-order valence-electron chi connectivity index (χ0n) is 15.5. The van der Waals surface area contributed by atoms with Gasteiger partial charge in [-0.2, -0.15) is 10.2 Å². The van der Waals surface area contributed by atoms with Crippen molar-refractivity contribution in [2.75, 3.05) is 6.54 Å². The van der Waals surface area contributed by atoms with E-state index in [9.17, 15) is 4.79 Å². The molecular formula is C20H24N6O. The Kier molecular flexibility index (Phi) is 5.02. The summed E-state index contributed by atoms with van der Waals surface area (Å²) in [5, 5.41) is 11.8. The number of hydrogen-bond donors (Lipinski definition) is 1. The molecule has 0 fully saturated rings. The molecule has 0 saturated carbocycles. The van der Waals surface area contributed by atoms with E-state index >= 15 is 0 Å². The number of fused-ring (bicyclic) bond motifs is 1. The zero-order chi connectivity index (χ0) is 18.6. The molecule has 2 aromatic heterocycles. The van der Waals surface area contributed by atoms with Crippen molar-refractivity contribution < 1.29 is 4.79 Å². The number of carbonyl (C=O) groups is 1. The molecule has 7 nitrogen and oxygen atoms in total. The van der Waals surface area contributed by atoms with Crippen LogP contribution in [0.3, 0.4) is 0 Å². The first-order chi connectivity index (χ1) is 13.2. The highest BCUT2D eigenvalue weighted by Crippen LogP contribution is 2.18. The van der Waals surface area contributed by atoms with E-state index in [0.717, 1.165) is 37.6 Å². The van der Waals surface area contributed by atoms with Crippen molar-refractivity contribution in [3.63, 3.8) is 0 Å². The summed E-state index contributed by atoms with van der Waals surface area (Å²) in [7, 11) is 0. The Morgan fingerprint density at radius 3 is 2.96 bits per heavy atom. The number of nitrogens with one attached hydrogen (secondary N) is 1. The summed E-state index contributed by atoms with van der Waals surface area (Å²) < 4.78 is 3.94. The quantitative estimate of drug-likeness (QED) is 0.727. The summed E-state index contributed by atoms with van der Waals surface area (Å²) in [6, 6.07) is 12.5. The third-order valence-corrected chi connectivity index (χ3v) is 4.80. The van der Waals surface area contributed by atoms with Gasteiger partial charge >= 0.3 is 0 Å². The van der Waals surface area contributed by atoms with Gasteiger partial charge in [-0.1, -0.05) is 19.1 Å². The van der Waals surface area contributed by atoms with E-state index < -0.39 is 0 Å². The Hall–Kier alpha value is -2.93. The second-order valence-corrected chi connectivity index (χ2v) is 6.81. The highest BCUT2D eigenvalue weighted by Gasteiger charge is 2.18. The second kappa shape index (κ2) is 7.75. The molecule has 3 heterocycles. The van der Waals surface area contributed by atoms with Gasteiger partial charge in [-0.15, -0.1) is 0 Å². The zero-order valence-corrected chi connectivity index (χ0v) is 15.5. The molecule has 7 heteroatoms. The predicted molar refractivity (Wildman–Crippen MR) is 102 cm³/mol. The molecule has 4 rings (SSSR count). The van der Waals surface area contributed by atoms with Crippen LogP contribution in [0.2, 0.25) is 0 Å². The molecule has 1 amide bonds. The molecular weight excluding hydrogens is 340 g/mol. The first-order valence-electron chi connectivity index (χ1n) is 9.35. The Morgan fingerprint density at radius 2 is 2.15 bits per heavy atom. The highest BCUT2D eigenvalue weighted by molar-refractivity contribution is 5.75. The highest BCUT2D eigenvalue weighted by atomic mass is 16.1. The summed E-state index contributed by atoms with van der Waals surface area (Å²) in [4.78, 5) is 13.9. The average molecular weight is 364 g/mol. The topological polar surface area (TPSA) is 68.0 Å². The minimum Gasteiger partial charge on any atom is -0.350 e. The largest absolute Gasteiger partial charge is 0.350 e. The SMILES string of the molecule is CCC(=O)NCc1cc2n(n1)CCN(Cc1cccc(-n3cccn3)c1)C2. The summed E-state index contributed by atoms with van der Waals surface area (Å²) in [6.07, 6.45) is 4.25. The van der Waals surface area contributed by atoms with Gasteiger partial charge in [0.05, 0.1) is 30.2 Å². The smallest absolute Gasteiger partial charge is 0.220 e. The van der Waals surface area contributed by atoms with Gasteiger partial charge in [0.1, 0.15) is 0 Å². The van der Waals surface area contributed by atoms with E-state index in [-0.39, 0.29) is 5.91 Å². The maximum atomic E-state index is 11.4. The van der Waals surface area contributed by atoms with E-state index in [0.29, 0.717) is 13.0 Å². The molecule has 0 bridgehead atoms. The van der Waals surface area contributed by atoms with Crippen LogP contribution >= 0.6 is 0 Å². The molecule has 1 N–H and O–H groups in total. The van der Waals surface area contributed by atoms with Crippen LogP contribution in [-0.4, -0.2) is 36.9 Å². The average Bonchev–Trinajstić information content (AvgIpc) is 3.35. The van der Waals surface area contributed by atoms with Crippen LogP contribution in [0, 0.1) is 0 Å². The number of rotatable bonds is 6. The number of aromatic nitrogens is 4. The fourth-order valence-electron chi connectivity index (χ4n) is 3.39. The monoisotopic (exact) mass is 364 g/mol. The van der Waals surface area contributed by atoms with Crippen LogP contribution in [0.5, 0.6) is 0 Å². The van der Waals surface area contributed by atoms with Crippen LogP contribution in [0.15, 0.2) is 48.8 Å². The standard InChI is InChI=1S/C20H24N6O/c1-2-20(27)21-13-17-12-19-15-24(9-10-26(19)23-17)14-16-5-3-6-18(11-16)25-8-4-7-22-25/h3-8,11-12H,2,9-10,13-15H2,1H3,(H,21,27). The molecule has 140 valence electrons. The van der Waals surface area contributed by atoms with Crippen molar-refractivity contribution in [1.82, 2.24) is 29.8 Å². The van der Waals surface area contributed by atoms with E-state index in [1.165, 1.54) is 11.3 Å². The lowest BCUT2D eigenvalue weighted by atomic mass is 10.1. The lowest BCUT2D eigenvalue weighted by molar-refractivity contribution is -0.120. The Balaban J connectivity index is 1.41. The third-order valence-electron chi connectivity index (χ3n) is 4.80. The summed E-state index contributed by atoms with van der Waals surface area (Å²) in [5.74, 6) is 0.0552. The number of amides is 1. The van der Waals surface area contributed by atoms with Gasteiger partial charge in [-0.3, -0.25) is 14.4 Å². The maximum absolute atomic E-state index is 11.4. The van der Waals surface area contributed by atoms with Gasteiger partial charge in [-0.05, 0) is 29.8 Å². The molecule has 1 aliphatic heterocycles. The molecule has 27 heavy (non-hydrogen) atoms. The van der Waals surface area contributed by atoms with Gasteiger partial charge in [-0.25, -0.2) is 4.68 Å². The molecule has 0 aliphatic carbocycles. The number of carbonyl (C=O) groups excluding carboxylic acids is 1. The lowest BCUT2D eigenvalue weighted by Crippen LogP contribution is -2.33. The summed E-state index contributed by atoms with van der Waals surface area (Å²) in [5.41, 5.74) is 4.47. The van der Waals surface area contributed by atoms with E-state index in [1.807, 2.05) is 23.9 Å². The van der Waals surface area contributed by atoms with Crippen molar-refractivity contribution in [2.24, 2.45) is 0 Å². The summed E-state index contributed by atoms with van der Waals surface area (Å²) >= 11 is 0. The minimum absolute atomic E-state index is 0.0552. The summed E-state index contributed by atoms with van der Waals surface area (Å²) in [6.45, 7) is 5.94. The van der Waals surface area contributed by atoms with Gasteiger partial charge in [0, 0.05) is 38.4 Å². The second-order valence-electron chi connectivity index (χ2n) is 6.81. The maximum Gasteiger partial charge on any atom is 0.220 e. The fraction of sp³-hybridized carbons (Fsp3) is 0.350. The van der Waals surface area contributed by atoms with E-state index in [2.05, 4.69) is 55.4 Å². The molecule has 0 spiro atoms.